The first-order valence-corrected chi connectivity index (χ1v) is 9.42. The molecule has 1 aromatic carbocycles. The van der Waals surface area contributed by atoms with E-state index in [0.717, 1.165) is 30.6 Å². The average molecular weight is 386 g/mol. The first-order chi connectivity index (χ1) is 13.5. The van der Waals surface area contributed by atoms with Crippen molar-refractivity contribution in [2.45, 2.75) is 32.8 Å². The summed E-state index contributed by atoms with van der Waals surface area (Å²) in [7, 11) is 0. The third-order valence-electron chi connectivity index (χ3n) is 4.38. The van der Waals surface area contributed by atoms with Crippen LogP contribution in [0, 0.1) is 11.3 Å². The van der Waals surface area contributed by atoms with Crippen LogP contribution >= 0.6 is 0 Å². The van der Waals surface area contributed by atoms with Gasteiger partial charge in [0.1, 0.15) is 24.9 Å². The number of nitriles is 1. The number of benzene rings is 1. The number of carbonyl (C=O) groups excluding carboxylic acids is 2. The largest absolute Gasteiger partial charge is 0.464 e. The van der Waals surface area contributed by atoms with E-state index in [2.05, 4.69) is 4.90 Å². The second-order valence-electron chi connectivity index (χ2n) is 6.41. The molecule has 1 aliphatic heterocycles. The lowest BCUT2D eigenvalue weighted by Crippen LogP contribution is -2.27. The molecule has 0 bridgehead atoms. The second-order valence-corrected chi connectivity index (χ2v) is 6.41. The van der Waals surface area contributed by atoms with E-state index < -0.39 is 5.97 Å². The highest BCUT2D eigenvalue weighted by Crippen LogP contribution is 2.18. The summed E-state index contributed by atoms with van der Waals surface area (Å²) in [5.74, 6) is -0.939. The summed E-state index contributed by atoms with van der Waals surface area (Å²) in [6.07, 6.45) is 3.27. The highest BCUT2D eigenvalue weighted by atomic mass is 16.6. The highest BCUT2D eigenvalue weighted by molar-refractivity contribution is 5.97. The number of hydrogen-bond donors (Lipinski definition) is 0. The Balaban J connectivity index is 1.96. The first-order valence-electron chi connectivity index (χ1n) is 9.42. The molecule has 1 saturated heterocycles. The molecular formula is C21H26N2O5. The molecule has 1 unspecified atom stereocenters. The van der Waals surface area contributed by atoms with E-state index >= 15 is 0 Å². The zero-order valence-corrected chi connectivity index (χ0v) is 16.3. The maximum atomic E-state index is 12.1. The molecule has 1 fully saturated rings. The van der Waals surface area contributed by atoms with Gasteiger partial charge in [-0.05, 0) is 43.5 Å². The number of hydrogen-bond acceptors (Lipinski definition) is 7. The fraction of sp³-hybridized carbons (Fsp3) is 0.476. The van der Waals surface area contributed by atoms with E-state index in [0.29, 0.717) is 19.8 Å². The number of carbonyl (C=O) groups is 2. The van der Waals surface area contributed by atoms with Gasteiger partial charge < -0.3 is 19.1 Å². The van der Waals surface area contributed by atoms with E-state index in [1.54, 1.807) is 0 Å². The predicted molar refractivity (Wildman–Crippen MR) is 104 cm³/mol. The van der Waals surface area contributed by atoms with Gasteiger partial charge in [0.25, 0.3) is 0 Å². The Morgan fingerprint density at radius 2 is 2.07 bits per heavy atom. The van der Waals surface area contributed by atoms with Crippen LogP contribution in [0.25, 0.3) is 6.08 Å². The van der Waals surface area contributed by atoms with Crippen LogP contribution in [0.4, 0.5) is 5.69 Å². The van der Waals surface area contributed by atoms with Crippen LogP contribution < -0.4 is 4.90 Å². The molecule has 1 heterocycles. The predicted octanol–water partition coefficient (Wildman–Crippen LogP) is 2.71. The average Bonchev–Trinajstić information content (AvgIpc) is 3.21. The Kier molecular flexibility index (Phi) is 8.50. The van der Waals surface area contributed by atoms with E-state index in [1.807, 2.05) is 37.3 Å². The zero-order valence-electron chi connectivity index (χ0n) is 16.3. The van der Waals surface area contributed by atoms with Crippen molar-refractivity contribution in [1.29, 1.82) is 5.26 Å². The van der Waals surface area contributed by atoms with E-state index in [4.69, 9.17) is 14.2 Å². The second kappa shape index (κ2) is 11.1. The number of rotatable bonds is 9. The molecule has 2 rings (SSSR count). The van der Waals surface area contributed by atoms with Crippen LogP contribution in [-0.2, 0) is 23.8 Å². The molecular weight excluding hydrogens is 360 g/mol. The van der Waals surface area contributed by atoms with Gasteiger partial charge in [0, 0.05) is 25.8 Å². The van der Waals surface area contributed by atoms with Crippen LogP contribution in [0.15, 0.2) is 29.8 Å². The molecule has 1 atom stereocenters. The van der Waals surface area contributed by atoms with Crippen LogP contribution in [-0.4, -0.2) is 51.0 Å². The molecule has 0 spiro atoms. The highest BCUT2D eigenvalue weighted by Gasteiger charge is 2.19. The summed E-state index contributed by atoms with van der Waals surface area (Å²) in [6.45, 7) is 5.92. The minimum Gasteiger partial charge on any atom is -0.464 e. The van der Waals surface area contributed by atoms with Crippen molar-refractivity contribution in [3.8, 4) is 6.07 Å². The standard InChI is InChI=1S/C21H26N2O5/c1-3-23(10-12-26-16(2)24)19-8-6-17(7-9-19)13-18(14-22)21(25)28-15-20-5-4-11-27-20/h6-9,13,20H,3-5,10-12,15H2,1-2H3/b18-13+. The first kappa shape index (κ1) is 21.5. The number of ether oxygens (including phenoxy) is 3. The van der Waals surface area contributed by atoms with Gasteiger partial charge in [0.05, 0.1) is 12.6 Å². The van der Waals surface area contributed by atoms with Gasteiger partial charge in [-0.25, -0.2) is 4.79 Å². The number of esters is 2. The van der Waals surface area contributed by atoms with E-state index in [-0.39, 0.29) is 24.3 Å². The van der Waals surface area contributed by atoms with Crippen LogP contribution in [0.2, 0.25) is 0 Å². The van der Waals surface area contributed by atoms with E-state index in [9.17, 15) is 14.9 Å². The topological polar surface area (TPSA) is 88.9 Å². The van der Waals surface area contributed by atoms with Gasteiger partial charge in [-0.1, -0.05) is 12.1 Å². The lowest BCUT2D eigenvalue weighted by atomic mass is 10.1. The molecule has 0 radical (unpaired) electrons. The molecule has 1 aliphatic rings. The molecule has 1 aromatic rings. The third kappa shape index (κ3) is 6.71. The van der Waals surface area contributed by atoms with Gasteiger partial charge in [-0.15, -0.1) is 0 Å². The summed E-state index contributed by atoms with van der Waals surface area (Å²) in [4.78, 5) is 25.1. The fourth-order valence-electron chi connectivity index (χ4n) is 2.88. The van der Waals surface area contributed by atoms with Gasteiger partial charge >= 0.3 is 11.9 Å². The Morgan fingerprint density at radius 3 is 2.64 bits per heavy atom. The lowest BCUT2D eigenvalue weighted by molar-refractivity contribution is -0.142. The van der Waals surface area contributed by atoms with Crippen molar-refractivity contribution in [3.05, 3.63) is 35.4 Å². The maximum Gasteiger partial charge on any atom is 0.348 e. The van der Waals surface area contributed by atoms with Gasteiger partial charge in [0.15, 0.2) is 0 Å². The molecule has 0 amide bonds. The molecule has 0 aromatic heterocycles. The monoisotopic (exact) mass is 386 g/mol. The normalized spacial score (nSPS) is 16.3. The van der Waals surface area contributed by atoms with Crippen molar-refractivity contribution < 1.29 is 23.8 Å². The fourth-order valence-corrected chi connectivity index (χ4v) is 2.88. The van der Waals surface area contributed by atoms with E-state index in [1.165, 1.54) is 13.0 Å². The number of nitrogens with zero attached hydrogens (tertiary/aromatic N) is 2. The molecule has 0 saturated carbocycles. The van der Waals surface area contributed by atoms with Crippen LogP contribution in [0.3, 0.4) is 0 Å². The lowest BCUT2D eigenvalue weighted by Gasteiger charge is -2.22. The molecule has 150 valence electrons. The zero-order chi connectivity index (χ0) is 20.4. The summed E-state index contributed by atoms with van der Waals surface area (Å²) in [5.41, 5.74) is 1.64. The third-order valence-corrected chi connectivity index (χ3v) is 4.38. The van der Waals surface area contributed by atoms with Crippen molar-refractivity contribution in [2.75, 3.05) is 37.8 Å². The minimum atomic E-state index is -0.640. The van der Waals surface area contributed by atoms with Crippen molar-refractivity contribution in [2.24, 2.45) is 0 Å². The SMILES string of the molecule is CCN(CCOC(C)=O)c1ccc(/C=C(\C#N)C(=O)OCC2CCCO2)cc1. The van der Waals surface area contributed by atoms with Crippen molar-refractivity contribution in [3.63, 3.8) is 0 Å². The Hall–Kier alpha value is -2.85. The van der Waals surface area contributed by atoms with Crippen molar-refractivity contribution in [1.82, 2.24) is 0 Å². The molecule has 7 heteroatoms. The van der Waals surface area contributed by atoms with Gasteiger partial charge in [-0.3, -0.25) is 4.79 Å². The summed E-state index contributed by atoms with van der Waals surface area (Å²) >= 11 is 0. The molecule has 0 N–H and O–H groups in total. The van der Waals surface area contributed by atoms with Crippen molar-refractivity contribution >= 4 is 23.7 Å². The van der Waals surface area contributed by atoms with Gasteiger partial charge in [-0.2, -0.15) is 5.26 Å². The number of likely N-dealkylation sites (N-methyl/N-ethyl adjacent to an activating group) is 1. The summed E-state index contributed by atoms with van der Waals surface area (Å²) < 4.78 is 15.6. The van der Waals surface area contributed by atoms with Gasteiger partial charge in [0.2, 0.25) is 0 Å². The quantitative estimate of drug-likeness (QED) is 0.366. The molecule has 7 nitrogen and oxygen atoms in total. The maximum absolute atomic E-state index is 12.1. The Labute approximate surface area is 165 Å². The molecule has 0 aliphatic carbocycles. The Morgan fingerprint density at radius 1 is 1.32 bits per heavy atom. The summed E-state index contributed by atoms with van der Waals surface area (Å²) in [6, 6.07) is 9.35. The van der Waals surface area contributed by atoms with Crippen LogP contribution in [0.1, 0.15) is 32.3 Å². The molecule has 28 heavy (non-hydrogen) atoms. The summed E-state index contributed by atoms with van der Waals surface area (Å²) in [5, 5.41) is 9.27. The number of anilines is 1. The smallest absolute Gasteiger partial charge is 0.348 e. The Bertz CT molecular complexity index is 730. The minimum absolute atomic E-state index is 0.0482. The van der Waals surface area contributed by atoms with Crippen LogP contribution in [0.5, 0.6) is 0 Å².